The smallest absolute Gasteiger partial charge is 0.186 e. The van der Waals surface area contributed by atoms with E-state index in [2.05, 4.69) is 20.8 Å². The SMILES string of the molecule is CCCCOCC1O[C@H](OC)[C@@H](OCCCC)C(OCCCC)[C@@H]1O. The third-order valence-corrected chi connectivity index (χ3v) is 4.39. The predicted octanol–water partition coefficient (Wildman–Crippen LogP) is 2.91. The summed E-state index contributed by atoms with van der Waals surface area (Å²) in [5, 5.41) is 10.8. The van der Waals surface area contributed by atoms with Gasteiger partial charge in [0.05, 0.1) is 6.61 Å². The van der Waals surface area contributed by atoms with Crippen molar-refractivity contribution in [3.8, 4) is 0 Å². The molecule has 1 fully saturated rings. The van der Waals surface area contributed by atoms with Crippen LogP contribution in [-0.2, 0) is 23.7 Å². The van der Waals surface area contributed by atoms with E-state index in [1.807, 2.05) is 0 Å². The Hall–Kier alpha value is -0.240. The topological polar surface area (TPSA) is 66.4 Å². The van der Waals surface area contributed by atoms with E-state index in [-0.39, 0.29) is 0 Å². The van der Waals surface area contributed by atoms with E-state index in [0.717, 1.165) is 38.5 Å². The molecule has 1 heterocycles. The zero-order valence-electron chi connectivity index (χ0n) is 16.4. The molecule has 0 aromatic rings. The zero-order chi connectivity index (χ0) is 18.5. The van der Waals surface area contributed by atoms with Crippen LogP contribution in [0.3, 0.4) is 0 Å². The Morgan fingerprint density at radius 1 is 0.840 bits per heavy atom. The van der Waals surface area contributed by atoms with Gasteiger partial charge in [-0.3, -0.25) is 0 Å². The van der Waals surface area contributed by atoms with Gasteiger partial charge < -0.3 is 28.8 Å². The van der Waals surface area contributed by atoms with Crippen molar-refractivity contribution in [1.82, 2.24) is 0 Å². The van der Waals surface area contributed by atoms with Gasteiger partial charge in [-0.1, -0.05) is 40.0 Å². The van der Waals surface area contributed by atoms with Gasteiger partial charge in [-0.25, -0.2) is 0 Å². The van der Waals surface area contributed by atoms with Gasteiger partial charge >= 0.3 is 0 Å². The molecule has 0 radical (unpaired) electrons. The molecular formula is C19H38O6. The molecule has 1 rings (SSSR count). The molecule has 5 atom stereocenters. The van der Waals surface area contributed by atoms with Crippen LogP contribution in [0.25, 0.3) is 0 Å². The summed E-state index contributed by atoms with van der Waals surface area (Å²) in [5.74, 6) is 0. The second-order valence-electron chi connectivity index (χ2n) is 6.58. The largest absolute Gasteiger partial charge is 0.387 e. The Balaban J connectivity index is 2.70. The summed E-state index contributed by atoms with van der Waals surface area (Å²) in [6.45, 7) is 8.53. The molecule has 6 nitrogen and oxygen atoms in total. The van der Waals surface area contributed by atoms with Crippen molar-refractivity contribution in [2.75, 3.05) is 33.5 Å². The Morgan fingerprint density at radius 2 is 1.40 bits per heavy atom. The van der Waals surface area contributed by atoms with Gasteiger partial charge in [-0.05, 0) is 19.3 Å². The van der Waals surface area contributed by atoms with Crippen molar-refractivity contribution in [2.24, 2.45) is 0 Å². The number of methoxy groups -OCH3 is 1. The van der Waals surface area contributed by atoms with Gasteiger partial charge in [0.2, 0.25) is 0 Å². The fourth-order valence-electron chi connectivity index (χ4n) is 2.76. The first-order valence-electron chi connectivity index (χ1n) is 9.86. The fourth-order valence-corrected chi connectivity index (χ4v) is 2.76. The quantitative estimate of drug-likeness (QED) is 0.479. The molecule has 150 valence electrons. The molecule has 0 amide bonds. The lowest BCUT2D eigenvalue weighted by Gasteiger charge is -2.43. The van der Waals surface area contributed by atoms with Crippen LogP contribution in [0, 0.1) is 0 Å². The van der Waals surface area contributed by atoms with Crippen LogP contribution in [0.15, 0.2) is 0 Å². The number of ether oxygens (including phenoxy) is 5. The number of aliphatic hydroxyl groups excluding tert-OH is 1. The Morgan fingerprint density at radius 3 is 1.96 bits per heavy atom. The third-order valence-electron chi connectivity index (χ3n) is 4.39. The van der Waals surface area contributed by atoms with Crippen LogP contribution in [0.4, 0.5) is 0 Å². The summed E-state index contributed by atoms with van der Waals surface area (Å²) in [6.07, 6.45) is 3.32. The van der Waals surface area contributed by atoms with Crippen molar-refractivity contribution in [1.29, 1.82) is 0 Å². The van der Waals surface area contributed by atoms with Gasteiger partial charge in [0.15, 0.2) is 6.29 Å². The maximum absolute atomic E-state index is 10.8. The summed E-state index contributed by atoms with van der Waals surface area (Å²) in [4.78, 5) is 0. The molecule has 1 saturated heterocycles. The van der Waals surface area contributed by atoms with E-state index in [1.165, 1.54) is 0 Å². The summed E-state index contributed by atoms with van der Waals surface area (Å²) < 4.78 is 29.0. The van der Waals surface area contributed by atoms with E-state index in [1.54, 1.807) is 7.11 Å². The molecular weight excluding hydrogens is 324 g/mol. The molecule has 1 aliphatic rings. The first-order chi connectivity index (χ1) is 12.2. The average molecular weight is 363 g/mol. The second kappa shape index (κ2) is 13.9. The van der Waals surface area contributed by atoms with Crippen LogP contribution in [0.5, 0.6) is 0 Å². The molecule has 1 N–H and O–H groups in total. The zero-order valence-corrected chi connectivity index (χ0v) is 16.4. The van der Waals surface area contributed by atoms with Crippen LogP contribution < -0.4 is 0 Å². The Kier molecular flexibility index (Phi) is 12.7. The summed E-state index contributed by atoms with van der Waals surface area (Å²) in [5.41, 5.74) is 0. The van der Waals surface area contributed by atoms with E-state index < -0.39 is 30.7 Å². The Bertz CT molecular complexity index is 314. The maximum Gasteiger partial charge on any atom is 0.186 e. The maximum atomic E-state index is 10.8. The van der Waals surface area contributed by atoms with E-state index >= 15 is 0 Å². The molecule has 6 heteroatoms. The van der Waals surface area contributed by atoms with Crippen molar-refractivity contribution in [3.63, 3.8) is 0 Å². The van der Waals surface area contributed by atoms with Crippen molar-refractivity contribution >= 4 is 0 Å². The monoisotopic (exact) mass is 362 g/mol. The van der Waals surface area contributed by atoms with Crippen molar-refractivity contribution < 1.29 is 28.8 Å². The van der Waals surface area contributed by atoms with Crippen LogP contribution >= 0.6 is 0 Å². The van der Waals surface area contributed by atoms with Gasteiger partial charge in [-0.2, -0.15) is 0 Å². The van der Waals surface area contributed by atoms with Gasteiger partial charge in [0.25, 0.3) is 0 Å². The van der Waals surface area contributed by atoms with E-state index in [0.29, 0.717) is 26.4 Å². The van der Waals surface area contributed by atoms with Crippen LogP contribution in [0.1, 0.15) is 59.3 Å². The van der Waals surface area contributed by atoms with Crippen LogP contribution in [-0.4, -0.2) is 69.3 Å². The molecule has 1 aliphatic heterocycles. The van der Waals surface area contributed by atoms with Gasteiger partial charge in [0, 0.05) is 26.9 Å². The lowest BCUT2D eigenvalue weighted by Crippen LogP contribution is -2.61. The fraction of sp³-hybridized carbons (Fsp3) is 1.00. The molecule has 2 unspecified atom stereocenters. The van der Waals surface area contributed by atoms with E-state index in [9.17, 15) is 5.11 Å². The molecule has 0 aliphatic carbocycles. The van der Waals surface area contributed by atoms with Gasteiger partial charge in [0.1, 0.15) is 24.4 Å². The lowest BCUT2D eigenvalue weighted by molar-refractivity contribution is -0.312. The molecule has 0 saturated carbocycles. The number of unbranched alkanes of at least 4 members (excludes halogenated alkanes) is 3. The molecule has 0 aromatic heterocycles. The minimum absolute atomic E-state index is 0.330. The van der Waals surface area contributed by atoms with Gasteiger partial charge in [-0.15, -0.1) is 0 Å². The second-order valence-corrected chi connectivity index (χ2v) is 6.58. The predicted molar refractivity (Wildman–Crippen MR) is 96.7 cm³/mol. The summed E-state index contributed by atoms with van der Waals surface area (Å²) in [7, 11) is 1.59. The van der Waals surface area contributed by atoms with Crippen LogP contribution in [0.2, 0.25) is 0 Å². The number of hydrogen-bond donors (Lipinski definition) is 1. The summed E-state index contributed by atoms with van der Waals surface area (Å²) >= 11 is 0. The normalized spacial score (nSPS) is 29.9. The lowest BCUT2D eigenvalue weighted by atomic mass is 9.98. The number of rotatable bonds is 14. The average Bonchev–Trinajstić information content (AvgIpc) is 2.62. The molecule has 0 aromatic carbocycles. The summed E-state index contributed by atoms with van der Waals surface area (Å²) in [6, 6.07) is 0. The minimum Gasteiger partial charge on any atom is -0.387 e. The highest BCUT2D eigenvalue weighted by Gasteiger charge is 2.47. The van der Waals surface area contributed by atoms with Crippen molar-refractivity contribution in [2.45, 2.75) is 90.0 Å². The first-order valence-corrected chi connectivity index (χ1v) is 9.86. The standard InChI is InChI=1S/C19H38O6/c1-5-8-11-22-14-15-16(20)17(23-12-9-6-2)18(19(21-4)25-15)24-13-10-7-3/h15-20H,5-14H2,1-4H3/t15?,16-,17?,18+,19+/m1/s1. The third kappa shape index (κ3) is 7.89. The highest BCUT2D eigenvalue weighted by molar-refractivity contribution is 4.91. The Labute approximate surface area is 153 Å². The highest BCUT2D eigenvalue weighted by atomic mass is 16.7. The molecule has 0 bridgehead atoms. The highest BCUT2D eigenvalue weighted by Crippen LogP contribution is 2.27. The minimum atomic E-state index is -0.795. The van der Waals surface area contributed by atoms with Crippen molar-refractivity contribution in [3.05, 3.63) is 0 Å². The number of aliphatic hydroxyl groups is 1. The molecule has 25 heavy (non-hydrogen) atoms. The number of hydrogen-bond acceptors (Lipinski definition) is 6. The van der Waals surface area contributed by atoms with E-state index in [4.69, 9.17) is 23.7 Å². The molecule has 0 spiro atoms. The first kappa shape index (κ1) is 22.8.